The van der Waals surface area contributed by atoms with Gasteiger partial charge in [-0.2, -0.15) is 0 Å². The SMILES string of the molecule is CCCCN(C(=O)c1ccc(N)c(Cl)c1)C1CC1. The molecule has 0 bridgehead atoms. The number of nitrogen functional groups attached to an aromatic ring is 1. The highest BCUT2D eigenvalue weighted by molar-refractivity contribution is 6.33. The lowest BCUT2D eigenvalue weighted by Crippen LogP contribution is -2.34. The van der Waals surface area contributed by atoms with Gasteiger partial charge in [0.05, 0.1) is 10.7 Å². The Morgan fingerprint density at radius 2 is 2.22 bits per heavy atom. The molecule has 98 valence electrons. The number of halogens is 1. The summed E-state index contributed by atoms with van der Waals surface area (Å²) in [6.45, 7) is 2.97. The molecule has 0 unspecified atom stereocenters. The highest BCUT2D eigenvalue weighted by Crippen LogP contribution is 2.29. The van der Waals surface area contributed by atoms with Crippen molar-refractivity contribution in [2.45, 2.75) is 38.6 Å². The van der Waals surface area contributed by atoms with E-state index in [0.29, 0.717) is 22.3 Å². The van der Waals surface area contributed by atoms with Gasteiger partial charge in [0.2, 0.25) is 0 Å². The number of rotatable bonds is 5. The van der Waals surface area contributed by atoms with Crippen LogP contribution in [-0.2, 0) is 0 Å². The van der Waals surface area contributed by atoms with Crippen LogP contribution in [-0.4, -0.2) is 23.4 Å². The van der Waals surface area contributed by atoms with Gasteiger partial charge >= 0.3 is 0 Å². The molecule has 1 aromatic rings. The minimum Gasteiger partial charge on any atom is -0.398 e. The van der Waals surface area contributed by atoms with E-state index in [1.165, 1.54) is 0 Å². The smallest absolute Gasteiger partial charge is 0.254 e. The lowest BCUT2D eigenvalue weighted by Gasteiger charge is -2.22. The van der Waals surface area contributed by atoms with Crippen molar-refractivity contribution >= 4 is 23.2 Å². The first kappa shape index (κ1) is 13.2. The van der Waals surface area contributed by atoms with E-state index < -0.39 is 0 Å². The van der Waals surface area contributed by atoms with Crippen LogP contribution in [0.15, 0.2) is 18.2 Å². The van der Waals surface area contributed by atoms with Crippen LogP contribution in [0.5, 0.6) is 0 Å². The molecule has 0 heterocycles. The summed E-state index contributed by atoms with van der Waals surface area (Å²) >= 11 is 5.97. The molecule has 1 amide bonds. The summed E-state index contributed by atoms with van der Waals surface area (Å²) in [5.41, 5.74) is 6.81. The largest absolute Gasteiger partial charge is 0.398 e. The lowest BCUT2D eigenvalue weighted by atomic mass is 10.1. The maximum atomic E-state index is 12.4. The van der Waals surface area contributed by atoms with Gasteiger partial charge < -0.3 is 10.6 Å². The summed E-state index contributed by atoms with van der Waals surface area (Å²) < 4.78 is 0. The average molecular weight is 267 g/mol. The van der Waals surface area contributed by atoms with Crippen LogP contribution >= 0.6 is 11.6 Å². The van der Waals surface area contributed by atoms with E-state index in [1.807, 2.05) is 4.90 Å². The Bertz CT molecular complexity index is 443. The number of hydrogen-bond donors (Lipinski definition) is 1. The maximum absolute atomic E-state index is 12.4. The van der Waals surface area contributed by atoms with Gasteiger partial charge in [0.15, 0.2) is 0 Å². The zero-order chi connectivity index (χ0) is 13.1. The van der Waals surface area contributed by atoms with Crippen molar-refractivity contribution in [1.29, 1.82) is 0 Å². The zero-order valence-electron chi connectivity index (χ0n) is 10.7. The van der Waals surface area contributed by atoms with Crippen LogP contribution in [0.3, 0.4) is 0 Å². The molecule has 0 spiro atoms. The third-order valence-electron chi connectivity index (χ3n) is 3.25. The van der Waals surface area contributed by atoms with E-state index in [-0.39, 0.29) is 5.91 Å². The third kappa shape index (κ3) is 2.96. The first-order chi connectivity index (χ1) is 8.63. The molecule has 1 aliphatic rings. The van der Waals surface area contributed by atoms with Gasteiger partial charge in [-0.15, -0.1) is 0 Å². The number of unbranched alkanes of at least 4 members (excludes halogenated alkanes) is 1. The Morgan fingerprint density at radius 1 is 1.50 bits per heavy atom. The monoisotopic (exact) mass is 266 g/mol. The van der Waals surface area contributed by atoms with E-state index >= 15 is 0 Å². The van der Waals surface area contributed by atoms with Gasteiger partial charge in [-0.3, -0.25) is 4.79 Å². The second kappa shape index (κ2) is 5.61. The lowest BCUT2D eigenvalue weighted by molar-refractivity contribution is 0.0741. The Morgan fingerprint density at radius 3 is 2.78 bits per heavy atom. The summed E-state index contributed by atoms with van der Waals surface area (Å²) in [5.74, 6) is 0.0767. The number of hydrogen-bond acceptors (Lipinski definition) is 2. The molecule has 1 aliphatic carbocycles. The van der Waals surface area contributed by atoms with Crippen LogP contribution in [0.25, 0.3) is 0 Å². The summed E-state index contributed by atoms with van der Waals surface area (Å²) in [4.78, 5) is 14.4. The molecule has 0 radical (unpaired) electrons. The standard InChI is InChI=1S/C14H19ClN2O/c1-2-3-8-17(11-5-6-11)14(18)10-4-7-13(16)12(15)9-10/h4,7,9,11H,2-3,5-6,8,16H2,1H3. The number of nitrogens with zero attached hydrogens (tertiary/aromatic N) is 1. The van der Waals surface area contributed by atoms with E-state index in [2.05, 4.69) is 6.92 Å². The highest BCUT2D eigenvalue weighted by atomic mass is 35.5. The molecule has 1 fully saturated rings. The molecule has 4 heteroatoms. The van der Waals surface area contributed by atoms with Gasteiger partial charge in [0, 0.05) is 18.2 Å². The molecule has 18 heavy (non-hydrogen) atoms. The Kier molecular flexibility index (Phi) is 4.12. The fourth-order valence-corrected chi connectivity index (χ4v) is 2.17. The molecule has 1 aromatic carbocycles. The van der Waals surface area contributed by atoms with Crippen molar-refractivity contribution in [3.05, 3.63) is 28.8 Å². The van der Waals surface area contributed by atoms with Crippen LogP contribution in [0.1, 0.15) is 43.0 Å². The summed E-state index contributed by atoms with van der Waals surface area (Å²) in [6.07, 6.45) is 4.39. The predicted octanol–water partition coefficient (Wildman–Crippen LogP) is 3.33. The minimum absolute atomic E-state index is 0.0767. The zero-order valence-corrected chi connectivity index (χ0v) is 11.4. The van der Waals surface area contributed by atoms with Gasteiger partial charge in [-0.25, -0.2) is 0 Å². The van der Waals surface area contributed by atoms with E-state index in [4.69, 9.17) is 17.3 Å². The van der Waals surface area contributed by atoms with Crippen LogP contribution < -0.4 is 5.73 Å². The Balaban J connectivity index is 2.13. The molecule has 2 N–H and O–H groups in total. The van der Waals surface area contributed by atoms with Crippen LogP contribution in [0.4, 0.5) is 5.69 Å². The molecule has 2 rings (SSSR count). The fourth-order valence-electron chi connectivity index (χ4n) is 1.99. The third-order valence-corrected chi connectivity index (χ3v) is 3.58. The first-order valence-corrected chi connectivity index (χ1v) is 6.87. The highest BCUT2D eigenvalue weighted by Gasteiger charge is 2.32. The van der Waals surface area contributed by atoms with Crippen molar-refractivity contribution in [2.75, 3.05) is 12.3 Å². The number of nitrogens with two attached hydrogens (primary N) is 1. The van der Waals surface area contributed by atoms with Gasteiger partial charge in [-0.05, 0) is 37.5 Å². The van der Waals surface area contributed by atoms with Crippen LogP contribution in [0.2, 0.25) is 5.02 Å². The van der Waals surface area contributed by atoms with Gasteiger partial charge in [0.25, 0.3) is 5.91 Å². The maximum Gasteiger partial charge on any atom is 0.254 e. The second-order valence-corrected chi connectivity index (χ2v) is 5.23. The summed E-state index contributed by atoms with van der Waals surface area (Å²) in [6, 6.07) is 5.55. The summed E-state index contributed by atoms with van der Waals surface area (Å²) in [5, 5.41) is 0.451. The van der Waals surface area contributed by atoms with Crippen molar-refractivity contribution in [3.63, 3.8) is 0 Å². The molecule has 0 atom stereocenters. The van der Waals surface area contributed by atoms with Gasteiger partial charge in [-0.1, -0.05) is 24.9 Å². The number of anilines is 1. The van der Waals surface area contributed by atoms with Crippen molar-refractivity contribution in [1.82, 2.24) is 4.90 Å². The normalized spacial score (nSPS) is 14.6. The summed E-state index contributed by atoms with van der Waals surface area (Å²) in [7, 11) is 0. The van der Waals surface area contributed by atoms with E-state index in [0.717, 1.165) is 32.2 Å². The van der Waals surface area contributed by atoms with Crippen LogP contribution in [0, 0.1) is 0 Å². The Labute approximate surface area is 113 Å². The average Bonchev–Trinajstić information content (AvgIpc) is 3.17. The predicted molar refractivity (Wildman–Crippen MR) is 74.8 cm³/mol. The number of amides is 1. The molecule has 0 aliphatic heterocycles. The van der Waals surface area contributed by atoms with E-state index in [1.54, 1.807) is 18.2 Å². The van der Waals surface area contributed by atoms with Crippen molar-refractivity contribution in [2.24, 2.45) is 0 Å². The molecular formula is C14H19ClN2O. The minimum atomic E-state index is 0.0767. The van der Waals surface area contributed by atoms with E-state index in [9.17, 15) is 4.79 Å². The topological polar surface area (TPSA) is 46.3 Å². The quantitative estimate of drug-likeness (QED) is 0.831. The number of carbonyl (C=O) groups excluding carboxylic acids is 1. The molecule has 3 nitrogen and oxygen atoms in total. The van der Waals surface area contributed by atoms with Gasteiger partial charge in [0.1, 0.15) is 0 Å². The molecule has 0 saturated heterocycles. The number of carbonyl (C=O) groups is 1. The Hall–Kier alpha value is -1.22. The second-order valence-electron chi connectivity index (χ2n) is 4.82. The fraction of sp³-hybridized carbons (Fsp3) is 0.500. The van der Waals surface area contributed by atoms with Crippen molar-refractivity contribution in [3.8, 4) is 0 Å². The molecular weight excluding hydrogens is 248 g/mol. The molecule has 1 saturated carbocycles. The number of benzene rings is 1. The molecule has 0 aromatic heterocycles. The van der Waals surface area contributed by atoms with Crippen molar-refractivity contribution < 1.29 is 4.79 Å². The first-order valence-electron chi connectivity index (χ1n) is 6.49.